The molecule has 1 N–H and O–H groups in total. The van der Waals surface area contributed by atoms with Crippen LogP contribution >= 0.6 is 8.46 Å². The van der Waals surface area contributed by atoms with E-state index in [9.17, 15) is 9.36 Å². The van der Waals surface area contributed by atoms with Crippen molar-refractivity contribution in [3.63, 3.8) is 0 Å². The Labute approximate surface area is 110 Å². The molecule has 0 aromatic rings. The Balaban J connectivity index is 5.14. The van der Waals surface area contributed by atoms with Crippen molar-refractivity contribution in [1.82, 2.24) is 0 Å². The van der Waals surface area contributed by atoms with Crippen molar-refractivity contribution in [2.24, 2.45) is 11.8 Å². The van der Waals surface area contributed by atoms with Crippen LogP contribution in [0.15, 0.2) is 0 Å². The molecule has 0 rings (SSSR count). The quantitative estimate of drug-likeness (QED) is 0.491. The summed E-state index contributed by atoms with van der Waals surface area (Å²) in [6.07, 6.45) is 0.467. The van der Waals surface area contributed by atoms with Gasteiger partial charge in [-0.2, -0.15) is 0 Å². The lowest BCUT2D eigenvalue weighted by atomic mass is 9.93. The SMILES string of the molecule is CCOC(OCC)(P=O)C(CC(=O)O)CC(C)C. The van der Waals surface area contributed by atoms with Gasteiger partial charge in [0.1, 0.15) is 0 Å². The molecule has 0 aromatic carbocycles. The first-order valence-corrected chi connectivity index (χ1v) is 7.07. The van der Waals surface area contributed by atoms with E-state index in [0.29, 0.717) is 19.6 Å². The van der Waals surface area contributed by atoms with Gasteiger partial charge in [-0.15, -0.1) is 0 Å². The maximum Gasteiger partial charge on any atom is 0.303 e. The summed E-state index contributed by atoms with van der Waals surface area (Å²) in [5, 5.41) is 8.98. The highest BCUT2D eigenvalue weighted by Crippen LogP contribution is 2.40. The van der Waals surface area contributed by atoms with E-state index in [1.807, 2.05) is 13.8 Å². The highest BCUT2D eigenvalue weighted by Gasteiger charge is 2.43. The number of carboxylic acid groups (broad SMARTS) is 1. The molecule has 0 aromatic heterocycles. The van der Waals surface area contributed by atoms with Crippen molar-refractivity contribution in [3.8, 4) is 0 Å². The van der Waals surface area contributed by atoms with Gasteiger partial charge in [0.05, 0.1) is 6.42 Å². The van der Waals surface area contributed by atoms with Crippen LogP contribution in [-0.4, -0.2) is 29.8 Å². The predicted octanol–water partition coefficient (Wildman–Crippen LogP) is 3.14. The van der Waals surface area contributed by atoms with Gasteiger partial charge in [0.25, 0.3) is 5.53 Å². The zero-order valence-corrected chi connectivity index (χ0v) is 12.4. The molecule has 0 saturated heterocycles. The van der Waals surface area contributed by atoms with Crippen LogP contribution in [0, 0.1) is 11.8 Å². The van der Waals surface area contributed by atoms with E-state index >= 15 is 0 Å². The molecule has 0 saturated carbocycles. The lowest BCUT2D eigenvalue weighted by molar-refractivity contribution is -0.207. The van der Waals surface area contributed by atoms with Gasteiger partial charge < -0.3 is 14.6 Å². The molecule has 0 spiro atoms. The summed E-state index contributed by atoms with van der Waals surface area (Å²) in [6, 6.07) is 0. The van der Waals surface area contributed by atoms with Crippen molar-refractivity contribution in [2.75, 3.05) is 13.2 Å². The summed E-state index contributed by atoms with van der Waals surface area (Å²) in [4.78, 5) is 10.9. The van der Waals surface area contributed by atoms with Crippen LogP contribution in [0.25, 0.3) is 0 Å². The Morgan fingerprint density at radius 3 is 2.06 bits per heavy atom. The van der Waals surface area contributed by atoms with E-state index in [4.69, 9.17) is 14.6 Å². The lowest BCUT2D eigenvalue weighted by Crippen LogP contribution is -2.40. The van der Waals surface area contributed by atoms with Gasteiger partial charge in [-0.05, 0) is 26.2 Å². The minimum Gasteiger partial charge on any atom is -0.481 e. The monoisotopic (exact) mass is 278 g/mol. The largest absolute Gasteiger partial charge is 0.481 e. The minimum absolute atomic E-state index is 0.118. The van der Waals surface area contributed by atoms with Crippen LogP contribution in [0.4, 0.5) is 0 Å². The predicted molar refractivity (Wildman–Crippen MR) is 68.8 cm³/mol. The van der Waals surface area contributed by atoms with Crippen LogP contribution in [0.3, 0.4) is 0 Å². The number of aliphatic carboxylic acids is 1. The molecular weight excluding hydrogens is 255 g/mol. The summed E-state index contributed by atoms with van der Waals surface area (Å²) >= 11 is 0. The third-order valence-electron chi connectivity index (χ3n) is 2.52. The van der Waals surface area contributed by atoms with Gasteiger partial charge in [0, 0.05) is 19.1 Å². The molecule has 0 fully saturated rings. The average molecular weight is 278 g/mol. The third-order valence-corrected chi connectivity index (χ3v) is 3.40. The molecule has 5 nitrogen and oxygen atoms in total. The molecule has 0 radical (unpaired) electrons. The first-order chi connectivity index (χ1) is 8.41. The van der Waals surface area contributed by atoms with Gasteiger partial charge in [0.15, 0.2) is 0 Å². The molecule has 0 aliphatic heterocycles. The second-order valence-electron chi connectivity index (χ2n) is 4.51. The van der Waals surface area contributed by atoms with Crippen LogP contribution in [0.5, 0.6) is 0 Å². The molecule has 0 heterocycles. The summed E-state index contributed by atoms with van der Waals surface area (Å²) in [6.45, 7) is 8.16. The number of carboxylic acids is 1. The molecule has 0 bridgehead atoms. The van der Waals surface area contributed by atoms with Crippen molar-refractivity contribution < 1.29 is 23.9 Å². The Bertz CT molecular complexity index is 261. The number of hydrogen-bond donors (Lipinski definition) is 1. The minimum atomic E-state index is -1.34. The number of hydrogen-bond acceptors (Lipinski definition) is 4. The van der Waals surface area contributed by atoms with E-state index in [1.165, 1.54) is 0 Å². The molecule has 106 valence electrons. The summed E-state index contributed by atoms with van der Waals surface area (Å²) in [5.41, 5.74) is -1.34. The van der Waals surface area contributed by atoms with E-state index in [2.05, 4.69) is 0 Å². The van der Waals surface area contributed by atoms with Gasteiger partial charge in [-0.3, -0.25) is 9.36 Å². The molecule has 0 aliphatic rings. The van der Waals surface area contributed by atoms with Crippen LogP contribution in [0.1, 0.15) is 40.5 Å². The highest BCUT2D eigenvalue weighted by atomic mass is 31.1. The highest BCUT2D eigenvalue weighted by molar-refractivity contribution is 7.25. The molecule has 6 heteroatoms. The first kappa shape index (κ1) is 17.5. The average Bonchev–Trinajstić information content (AvgIpc) is 2.26. The number of ether oxygens (including phenoxy) is 2. The second kappa shape index (κ2) is 8.57. The fraction of sp³-hybridized carbons (Fsp3) is 0.917. The molecule has 1 unspecified atom stereocenters. The molecule has 18 heavy (non-hydrogen) atoms. The van der Waals surface area contributed by atoms with Gasteiger partial charge in [-0.1, -0.05) is 13.8 Å². The van der Waals surface area contributed by atoms with Crippen molar-refractivity contribution in [3.05, 3.63) is 0 Å². The normalized spacial score (nSPS) is 14.1. The third kappa shape index (κ3) is 5.42. The molecule has 1 atom stereocenters. The zero-order valence-electron chi connectivity index (χ0n) is 11.5. The molecular formula is C12H23O5P. The fourth-order valence-corrected chi connectivity index (χ4v) is 2.67. The smallest absolute Gasteiger partial charge is 0.303 e. The van der Waals surface area contributed by atoms with E-state index in [-0.39, 0.29) is 20.8 Å². The first-order valence-electron chi connectivity index (χ1n) is 6.26. The van der Waals surface area contributed by atoms with Crippen molar-refractivity contribution in [2.45, 2.75) is 46.1 Å². The standard InChI is InChI=1S/C12H23O5P/c1-5-16-12(18-15,17-6-2)10(7-9(3)4)8-11(13)14/h9-10H,5-8H2,1-4H3,(H,13,14). The Kier molecular flexibility index (Phi) is 8.32. The summed E-state index contributed by atoms with van der Waals surface area (Å²) in [7, 11) is -0.322. The summed E-state index contributed by atoms with van der Waals surface area (Å²) < 4.78 is 22.4. The number of rotatable bonds is 10. The maximum atomic E-state index is 11.5. The van der Waals surface area contributed by atoms with Crippen LogP contribution in [-0.2, 0) is 18.8 Å². The Morgan fingerprint density at radius 1 is 1.28 bits per heavy atom. The molecule has 0 amide bonds. The van der Waals surface area contributed by atoms with E-state index in [0.717, 1.165) is 0 Å². The summed E-state index contributed by atoms with van der Waals surface area (Å²) in [5.74, 6) is -1.10. The van der Waals surface area contributed by atoms with Gasteiger partial charge in [0.2, 0.25) is 8.46 Å². The lowest BCUT2D eigenvalue weighted by Gasteiger charge is -2.34. The Hall–Kier alpha value is -0.510. The van der Waals surface area contributed by atoms with Crippen molar-refractivity contribution >= 4 is 14.4 Å². The van der Waals surface area contributed by atoms with Gasteiger partial charge in [-0.25, -0.2) is 0 Å². The second-order valence-corrected chi connectivity index (χ2v) is 5.32. The topological polar surface area (TPSA) is 72.8 Å². The van der Waals surface area contributed by atoms with Crippen molar-refractivity contribution in [1.29, 1.82) is 0 Å². The number of carbonyl (C=O) groups is 1. The van der Waals surface area contributed by atoms with E-state index in [1.54, 1.807) is 13.8 Å². The zero-order chi connectivity index (χ0) is 14.2. The van der Waals surface area contributed by atoms with Crippen LogP contribution in [0.2, 0.25) is 0 Å². The maximum absolute atomic E-state index is 11.5. The van der Waals surface area contributed by atoms with E-state index < -0.39 is 17.4 Å². The Morgan fingerprint density at radius 2 is 1.78 bits per heavy atom. The van der Waals surface area contributed by atoms with Crippen LogP contribution < -0.4 is 0 Å². The molecule has 0 aliphatic carbocycles. The van der Waals surface area contributed by atoms with Gasteiger partial charge >= 0.3 is 5.97 Å². The fourth-order valence-electron chi connectivity index (χ4n) is 1.96.